The van der Waals surface area contributed by atoms with Crippen LogP contribution in [-0.4, -0.2) is 28.8 Å². The minimum atomic E-state index is -0.435. The van der Waals surface area contributed by atoms with Crippen molar-refractivity contribution in [2.24, 2.45) is 7.05 Å². The first-order valence-electron chi connectivity index (χ1n) is 12.3. The van der Waals surface area contributed by atoms with E-state index in [9.17, 15) is 9.59 Å². The van der Waals surface area contributed by atoms with Crippen LogP contribution in [0.3, 0.4) is 0 Å². The molecule has 4 aromatic carbocycles. The SMILES string of the molecule is COC(=O)/C=C/c1cccc(N(Cc2ccc(-c3ccc4c(cnn4C)c3)cc2)C(=O)c2ccccc2)c1. The zero-order valence-electron chi connectivity index (χ0n) is 21.2. The molecule has 6 nitrogen and oxygen atoms in total. The van der Waals surface area contributed by atoms with Gasteiger partial charge in [0.05, 0.1) is 25.4 Å². The molecule has 38 heavy (non-hydrogen) atoms. The maximum atomic E-state index is 13.6. The molecule has 0 saturated heterocycles. The highest BCUT2D eigenvalue weighted by Gasteiger charge is 2.18. The molecule has 188 valence electrons. The topological polar surface area (TPSA) is 64.4 Å². The number of fused-ring (bicyclic) bond motifs is 1. The van der Waals surface area contributed by atoms with Crippen LogP contribution in [0.1, 0.15) is 21.5 Å². The van der Waals surface area contributed by atoms with Crippen LogP contribution in [0.2, 0.25) is 0 Å². The fraction of sp³-hybridized carbons (Fsp3) is 0.0938. The highest BCUT2D eigenvalue weighted by atomic mass is 16.5. The van der Waals surface area contributed by atoms with E-state index in [1.165, 1.54) is 13.2 Å². The van der Waals surface area contributed by atoms with Crippen molar-refractivity contribution in [2.75, 3.05) is 12.0 Å². The summed E-state index contributed by atoms with van der Waals surface area (Å²) >= 11 is 0. The number of rotatable bonds is 7. The largest absolute Gasteiger partial charge is 0.466 e. The number of hydrogen-bond donors (Lipinski definition) is 0. The first-order chi connectivity index (χ1) is 18.5. The van der Waals surface area contributed by atoms with Crippen LogP contribution in [0.4, 0.5) is 5.69 Å². The smallest absolute Gasteiger partial charge is 0.330 e. The molecule has 1 heterocycles. The van der Waals surface area contributed by atoms with Gasteiger partial charge in [0.1, 0.15) is 0 Å². The number of carbonyl (C=O) groups excluding carboxylic acids is 2. The lowest BCUT2D eigenvalue weighted by molar-refractivity contribution is -0.134. The first-order valence-corrected chi connectivity index (χ1v) is 12.3. The summed E-state index contributed by atoms with van der Waals surface area (Å²) in [5, 5.41) is 5.42. The highest BCUT2D eigenvalue weighted by molar-refractivity contribution is 6.06. The normalized spacial score (nSPS) is 11.1. The first kappa shape index (κ1) is 24.7. The number of anilines is 1. The number of esters is 1. The van der Waals surface area contributed by atoms with Crippen molar-refractivity contribution in [3.8, 4) is 11.1 Å². The molecule has 0 saturated carbocycles. The minimum Gasteiger partial charge on any atom is -0.466 e. The Balaban J connectivity index is 1.44. The Morgan fingerprint density at radius 2 is 1.66 bits per heavy atom. The lowest BCUT2D eigenvalue weighted by Crippen LogP contribution is -2.30. The van der Waals surface area contributed by atoms with Gasteiger partial charge in [-0.15, -0.1) is 0 Å². The van der Waals surface area contributed by atoms with Gasteiger partial charge in [-0.3, -0.25) is 9.48 Å². The minimum absolute atomic E-state index is 0.106. The van der Waals surface area contributed by atoms with Crippen molar-refractivity contribution in [1.29, 1.82) is 0 Å². The van der Waals surface area contributed by atoms with Gasteiger partial charge >= 0.3 is 5.97 Å². The molecular weight excluding hydrogens is 474 g/mol. The summed E-state index contributed by atoms with van der Waals surface area (Å²) in [6.07, 6.45) is 4.91. The number of hydrogen-bond acceptors (Lipinski definition) is 4. The molecule has 1 amide bonds. The van der Waals surface area contributed by atoms with E-state index in [4.69, 9.17) is 4.74 Å². The molecule has 1 aromatic heterocycles. The molecule has 6 heteroatoms. The molecule has 0 spiro atoms. The van der Waals surface area contributed by atoms with Gasteiger partial charge in [0.15, 0.2) is 0 Å². The zero-order valence-corrected chi connectivity index (χ0v) is 21.2. The fourth-order valence-corrected chi connectivity index (χ4v) is 4.37. The van der Waals surface area contributed by atoms with E-state index in [-0.39, 0.29) is 5.91 Å². The third kappa shape index (κ3) is 5.39. The average Bonchev–Trinajstić information content (AvgIpc) is 3.35. The highest BCUT2D eigenvalue weighted by Crippen LogP contribution is 2.26. The van der Waals surface area contributed by atoms with Crippen LogP contribution in [0.15, 0.2) is 109 Å². The maximum absolute atomic E-state index is 13.6. The average molecular weight is 502 g/mol. The van der Waals surface area contributed by atoms with E-state index in [2.05, 4.69) is 47.6 Å². The van der Waals surface area contributed by atoms with Gasteiger partial charge in [0.2, 0.25) is 0 Å². The van der Waals surface area contributed by atoms with Gasteiger partial charge in [-0.05, 0) is 64.7 Å². The lowest BCUT2D eigenvalue weighted by atomic mass is 10.0. The van der Waals surface area contributed by atoms with Crippen molar-refractivity contribution in [3.63, 3.8) is 0 Å². The van der Waals surface area contributed by atoms with E-state index in [1.807, 2.05) is 72.5 Å². The molecule has 0 aliphatic carbocycles. The summed E-state index contributed by atoms with van der Waals surface area (Å²) in [6.45, 7) is 0.389. The number of ether oxygens (including phenoxy) is 1. The van der Waals surface area contributed by atoms with Crippen LogP contribution in [0.5, 0.6) is 0 Å². The van der Waals surface area contributed by atoms with Gasteiger partial charge in [-0.1, -0.05) is 60.7 Å². The van der Waals surface area contributed by atoms with Gasteiger partial charge in [0.25, 0.3) is 5.91 Å². The van der Waals surface area contributed by atoms with Gasteiger partial charge < -0.3 is 9.64 Å². The summed E-state index contributed by atoms with van der Waals surface area (Å²) in [6, 6.07) is 31.3. The standard InChI is InChI=1S/C32H27N3O3/c1-34-30-17-16-27(20-28(30)21-33-34)25-14-11-24(12-15-25)22-35(32(37)26-8-4-3-5-9-26)29-10-6-7-23(19-29)13-18-31(36)38-2/h3-21H,22H2,1-2H3/b18-13+. The summed E-state index contributed by atoms with van der Waals surface area (Å²) in [7, 11) is 3.27. The van der Waals surface area contributed by atoms with Gasteiger partial charge in [-0.2, -0.15) is 5.10 Å². The van der Waals surface area contributed by atoms with Crippen molar-refractivity contribution in [2.45, 2.75) is 6.54 Å². The summed E-state index contributed by atoms with van der Waals surface area (Å²) in [5.41, 5.74) is 6.41. The number of aryl methyl sites for hydroxylation is 1. The second kappa shape index (κ2) is 11.0. The van der Waals surface area contributed by atoms with Crippen molar-refractivity contribution in [1.82, 2.24) is 9.78 Å². The van der Waals surface area contributed by atoms with Gasteiger partial charge in [-0.25, -0.2) is 4.79 Å². The molecule has 0 aliphatic rings. The van der Waals surface area contributed by atoms with E-state index in [0.717, 1.165) is 38.8 Å². The van der Waals surface area contributed by atoms with Crippen LogP contribution < -0.4 is 4.90 Å². The molecule has 0 atom stereocenters. The number of benzene rings is 4. The van der Waals surface area contributed by atoms with E-state index >= 15 is 0 Å². The quantitative estimate of drug-likeness (QED) is 0.195. The van der Waals surface area contributed by atoms with Crippen molar-refractivity contribution >= 4 is 34.5 Å². The third-order valence-corrected chi connectivity index (χ3v) is 6.43. The van der Waals surface area contributed by atoms with Crippen LogP contribution in [0, 0.1) is 0 Å². The number of carbonyl (C=O) groups is 2. The fourth-order valence-electron chi connectivity index (χ4n) is 4.37. The Kier molecular flexibility index (Phi) is 7.13. The number of methoxy groups -OCH3 is 1. The van der Waals surface area contributed by atoms with Crippen LogP contribution >= 0.6 is 0 Å². The predicted molar refractivity (Wildman–Crippen MR) is 151 cm³/mol. The van der Waals surface area contributed by atoms with Crippen LogP contribution in [-0.2, 0) is 23.1 Å². The third-order valence-electron chi connectivity index (χ3n) is 6.43. The second-order valence-electron chi connectivity index (χ2n) is 8.95. The number of nitrogens with zero attached hydrogens (tertiary/aromatic N) is 3. The second-order valence-corrected chi connectivity index (χ2v) is 8.95. The van der Waals surface area contributed by atoms with Crippen molar-refractivity contribution < 1.29 is 14.3 Å². The van der Waals surface area contributed by atoms with E-state index in [0.29, 0.717) is 12.1 Å². The van der Waals surface area contributed by atoms with E-state index in [1.54, 1.807) is 11.0 Å². The Bertz CT molecular complexity index is 1620. The Labute approximate surface area is 221 Å². The molecule has 5 rings (SSSR count). The summed E-state index contributed by atoms with van der Waals surface area (Å²) in [5.74, 6) is -0.541. The predicted octanol–water partition coefficient (Wildman–Crippen LogP) is 6.27. The Morgan fingerprint density at radius 3 is 2.42 bits per heavy atom. The Hall–Kier alpha value is -4.97. The number of aromatic nitrogens is 2. The molecule has 0 N–H and O–H groups in total. The van der Waals surface area contributed by atoms with Crippen molar-refractivity contribution in [3.05, 3.63) is 126 Å². The summed E-state index contributed by atoms with van der Waals surface area (Å²) in [4.78, 5) is 26.9. The molecule has 0 fully saturated rings. The van der Waals surface area contributed by atoms with Crippen LogP contribution in [0.25, 0.3) is 28.1 Å². The monoisotopic (exact) mass is 501 g/mol. The molecular formula is C32H27N3O3. The maximum Gasteiger partial charge on any atom is 0.330 e. The molecule has 0 bridgehead atoms. The van der Waals surface area contributed by atoms with E-state index < -0.39 is 5.97 Å². The molecule has 0 radical (unpaired) electrons. The number of amides is 1. The lowest BCUT2D eigenvalue weighted by Gasteiger charge is -2.24. The molecule has 0 aliphatic heterocycles. The Morgan fingerprint density at radius 1 is 0.895 bits per heavy atom. The molecule has 5 aromatic rings. The zero-order chi connectivity index (χ0) is 26.5. The van der Waals surface area contributed by atoms with Gasteiger partial charge in [0, 0.05) is 29.8 Å². The molecule has 0 unspecified atom stereocenters. The summed E-state index contributed by atoms with van der Waals surface area (Å²) < 4.78 is 6.56.